The normalized spacial score (nSPS) is 28.0. The van der Waals surface area contributed by atoms with E-state index in [-0.39, 0.29) is 29.2 Å². The van der Waals surface area contributed by atoms with E-state index in [9.17, 15) is 4.79 Å². The van der Waals surface area contributed by atoms with Gasteiger partial charge in [0.2, 0.25) is 5.95 Å². The van der Waals surface area contributed by atoms with Gasteiger partial charge in [-0.1, -0.05) is 19.1 Å². The zero-order valence-electron chi connectivity index (χ0n) is 25.0. The molecule has 2 N–H and O–H groups in total. The zero-order chi connectivity index (χ0) is 29.2. The molecule has 3 saturated heterocycles. The van der Waals surface area contributed by atoms with Gasteiger partial charge < -0.3 is 25.0 Å². The van der Waals surface area contributed by atoms with Crippen molar-refractivity contribution in [2.75, 3.05) is 41.4 Å². The van der Waals surface area contributed by atoms with Crippen LogP contribution in [0.5, 0.6) is 0 Å². The maximum absolute atomic E-state index is 12.5. The van der Waals surface area contributed by atoms with Gasteiger partial charge in [-0.25, -0.2) is 14.8 Å². The number of benzene rings is 1. The van der Waals surface area contributed by atoms with Crippen molar-refractivity contribution in [2.24, 2.45) is 0 Å². The predicted octanol–water partition coefficient (Wildman–Crippen LogP) is 5.32. The highest BCUT2D eigenvalue weighted by Crippen LogP contribution is 2.53. The lowest BCUT2D eigenvalue weighted by Gasteiger charge is -2.46. The number of anilines is 5. The van der Waals surface area contributed by atoms with Crippen LogP contribution in [0.2, 0.25) is 0 Å². The Kier molecular flexibility index (Phi) is 6.40. The summed E-state index contributed by atoms with van der Waals surface area (Å²) >= 11 is 0. The molecule has 4 aliphatic rings. The molecule has 6 heterocycles. The molecule has 42 heavy (non-hydrogen) atoms. The molecule has 3 aromatic rings. The molecular weight excluding hydrogens is 530 g/mol. The van der Waals surface area contributed by atoms with Gasteiger partial charge in [0.1, 0.15) is 24.1 Å². The van der Waals surface area contributed by atoms with Crippen molar-refractivity contribution < 1.29 is 14.3 Å². The van der Waals surface area contributed by atoms with Crippen molar-refractivity contribution in [3.63, 3.8) is 0 Å². The number of fused-ring (bicyclic) bond motifs is 3. The average Bonchev–Trinajstić information content (AvgIpc) is 3.66. The van der Waals surface area contributed by atoms with Crippen molar-refractivity contribution in [1.82, 2.24) is 20.3 Å². The first-order valence-corrected chi connectivity index (χ1v) is 14.9. The number of nitrogens with one attached hydrogen (secondary N) is 2. The minimum absolute atomic E-state index is 0.0491. The smallest absolute Gasteiger partial charge is 0.415 e. The van der Waals surface area contributed by atoms with Crippen LogP contribution in [0.15, 0.2) is 42.6 Å². The van der Waals surface area contributed by atoms with E-state index in [0.29, 0.717) is 30.9 Å². The van der Waals surface area contributed by atoms with Gasteiger partial charge >= 0.3 is 6.09 Å². The molecule has 0 radical (unpaired) electrons. The Morgan fingerprint density at radius 1 is 1.10 bits per heavy atom. The van der Waals surface area contributed by atoms with Crippen LogP contribution < -0.4 is 20.4 Å². The van der Waals surface area contributed by atoms with Crippen LogP contribution in [0.1, 0.15) is 63.1 Å². The quantitative estimate of drug-likeness (QED) is 0.422. The summed E-state index contributed by atoms with van der Waals surface area (Å²) in [6.45, 7) is 13.6. The van der Waals surface area contributed by atoms with Gasteiger partial charge in [0.05, 0.1) is 24.3 Å². The van der Waals surface area contributed by atoms with Crippen LogP contribution in [0.25, 0.3) is 0 Å². The SMILES string of the molecule is Cc1cc(Nc2ncc3c(n2)N(c2cccc(N4C(=O)OC[C@@H]4C)n2)C2CC(C)(C)OC[C@@]32C)ccc1[C@H]1CCNC1. The van der Waals surface area contributed by atoms with Crippen LogP contribution in [0, 0.1) is 6.92 Å². The van der Waals surface area contributed by atoms with Crippen molar-refractivity contribution in [3.05, 3.63) is 59.3 Å². The van der Waals surface area contributed by atoms with Crippen LogP contribution in [-0.4, -0.2) is 65.0 Å². The summed E-state index contributed by atoms with van der Waals surface area (Å²) in [7, 11) is 0. The van der Waals surface area contributed by atoms with Gasteiger partial charge in [0.15, 0.2) is 0 Å². The van der Waals surface area contributed by atoms with Gasteiger partial charge in [-0.2, -0.15) is 4.98 Å². The van der Waals surface area contributed by atoms with Crippen LogP contribution in [0.3, 0.4) is 0 Å². The lowest BCUT2D eigenvalue weighted by Crippen LogP contribution is -2.54. The Morgan fingerprint density at radius 3 is 2.62 bits per heavy atom. The number of hydrogen-bond donors (Lipinski definition) is 2. The summed E-state index contributed by atoms with van der Waals surface area (Å²) in [5.74, 6) is 3.22. The molecule has 10 heteroatoms. The molecule has 4 aliphatic heterocycles. The molecule has 4 atom stereocenters. The van der Waals surface area contributed by atoms with E-state index in [4.69, 9.17) is 24.4 Å². The van der Waals surface area contributed by atoms with E-state index in [1.165, 1.54) is 17.5 Å². The first-order chi connectivity index (χ1) is 20.1. The number of nitrogens with zero attached hydrogens (tertiary/aromatic N) is 5. The minimum atomic E-state index is -0.370. The number of carbonyl (C=O) groups excluding carboxylic acids is 1. The Labute approximate surface area is 246 Å². The fourth-order valence-electron chi connectivity index (χ4n) is 7.04. The molecule has 1 aromatic carbocycles. The van der Waals surface area contributed by atoms with Crippen molar-refractivity contribution >= 4 is 35.2 Å². The van der Waals surface area contributed by atoms with Crippen molar-refractivity contribution in [2.45, 2.75) is 76.5 Å². The molecule has 0 bridgehead atoms. The largest absolute Gasteiger partial charge is 0.447 e. The van der Waals surface area contributed by atoms with Crippen LogP contribution in [-0.2, 0) is 14.9 Å². The second kappa shape index (κ2) is 9.91. The highest BCUT2D eigenvalue weighted by atomic mass is 16.6. The lowest BCUT2D eigenvalue weighted by molar-refractivity contribution is -0.0893. The zero-order valence-corrected chi connectivity index (χ0v) is 25.0. The fourth-order valence-corrected chi connectivity index (χ4v) is 7.04. The fraction of sp³-hybridized carbons (Fsp3) is 0.500. The Morgan fingerprint density at radius 2 is 1.90 bits per heavy atom. The monoisotopic (exact) mass is 569 g/mol. The highest BCUT2D eigenvalue weighted by Gasteiger charge is 2.55. The Hall–Kier alpha value is -3.76. The first-order valence-electron chi connectivity index (χ1n) is 14.9. The molecule has 0 aliphatic carbocycles. The molecule has 10 nitrogen and oxygen atoms in total. The summed E-state index contributed by atoms with van der Waals surface area (Å²) in [6, 6.07) is 12.3. The second-order valence-corrected chi connectivity index (χ2v) is 13.0. The molecule has 0 saturated carbocycles. The summed E-state index contributed by atoms with van der Waals surface area (Å²) in [4.78, 5) is 31.2. The maximum atomic E-state index is 12.5. The van der Waals surface area contributed by atoms with Crippen molar-refractivity contribution in [3.8, 4) is 0 Å². The van der Waals surface area contributed by atoms with Gasteiger partial charge in [-0.3, -0.25) is 4.90 Å². The molecule has 220 valence electrons. The number of amides is 1. The number of rotatable bonds is 5. The molecule has 2 aromatic heterocycles. The van der Waals surface area contributed by atoms with Crippen LogP contribution >= 0.6 is 0 Å². The third-order valence-electron chi connectivity index (χ3n) is 9.43. The number of carbonyl (C=O) groups is 1. The molecule has 1 unspecified atom stereocenters. The van der Waals surface area contributed by atoms with Gasteiger partial charge in [-0.15, -0.1) is 0 Å². The van der Waals surface area contributed by atoms with E-state index >= 15 is 0 Å². The maximum Gasteiger partial charge on any atom is 0.415 e. The summed E-state index contributed by atoms with van der Waals surface area (Å²) in [5.41, 5.74) is 4.03. The number of aromatic nitrogens is 3. The summed E-state index contributed by atoms with van der Waals surface area (Å²) < 4.78 is 11.6. The highest BCUT2D eigenvalue weighted by molar-refractivity contribution is 5.89. The van der Waals surface area contributed by atoms with Gasteiger partial charge in [0, 0.05) is 29.4 Å². The topological polar surface area (TPSA) is 105 Å². The number of hydrogen-bond acceptors (Lipinski definition) is 9. The number of pyridine rings is 1. The molecule has 0 spiro atoms. The number of aryl methyl sites for hydroxylation is 1. The van der Waals surface area contributed by atoms with Crippen LogP contribution in [0.4, 0.5) is 33.9 Å². The van der Waals surface area contributed by atoms with E-state index in [1.54, 1.807) is 4.90 Å². The molecule has 3 fully saturated rings. The third-order valence-corrected chi connectivity index (χ3v) is 9.43. The Bertz CT molecular complexity index is 1540. The number of cyclic esters (lactones) is 1. The first kappa shape index (κ1) is 27.1. The third kappa shape index (κ3) is 4.48. The Balaban J connectivity index is 1.26. The molecule has 7 rings (SSSR count). The number of ether oxygens (including phenoxy) is 2. The van der Waals surface area contributed by atoms with E-state index < -0.39 is 0 Å². The van der Waals surface area contributed by atoms with E-state index in [1.807, 2.05) is 31.3 Å². The summed E-state index contributed by atoms with van der Waals surface area (Å²) in [6.07, 6.45) is 3.53. The predicted molar refractivity (Wildman–Crippen MR) is 162 cm³/mol. The van der Waals surface area contributed by atoms with E-state index in [0.717, 1.165) is 42.4 Å². The molecular formula is C32H39N7O3. The van der Waals surface area contributed by atoms with Gasteiger partial charge in [-0.05, 0) is 88.4 Å². The van der Waals surface area contributed by atoms with E-state index in [2.05, 4.69) is 61.4 Å². The standard InChI is InChI=1S/C32H39N7O3/c1-19-13-22(9-10-23(19)21-11-12-33-15-21)35-29-34-16-24-28(37-29)39(25-14-31(3,4)42-18-32(24,25)5)27-8-6-7-26(36-27)38-20(2)17-41-30(38)40/h6-10,13,16,20-21,25,33H,11-12,14-15,17-18H2,1-5H3,(H,34,35,37)/t20-,21-,25?,32-/m0/s1. The van der Waals surface area contributed by atoms with Crippen molar-refractivity contribution in [1.29, 1.82) is 0 Å². The molecule has 1 amide bonds. The van der Waals surface area contributed by atoms with Gasteiger partial charge in [0.25, 0.3) is 0 Å². The average molecular weight is 570 g/mol. The summed E-state index contributed by atoms with van der Waals surface area (Å²) in [5, 5.41) is 6.92. The minimum Gasteiger partial charge on any atom is -0.447 e. The lowest BCUT2D eigenvalue weighted by atomic mass is 9.73. The second-order valence-electron chi connectivity index (χ2n) is 13.0.